The van der Waals surface area contributed by atoms with Crippen molar-refractivity contribution in [2.45, 2.75) is 26.7 Å². The lowest BCUT2D eigenvalue weighted by atomic mass is 10.1. The molecule has 0 saturated heterocycles. The van der Waals surface area contributed by atoms with E-state index in [1.807, 2.05) is 37.3 Å². The molecular formula is C16H16ClN3O. The maximum atomic E-state index is 10.4. The van der Waals surface area contributed by atoms with Gasteiger partial charge in [0, 0.05) is 27.9 Å². The van der Waals surface area contributed by atoms with E-state index in [-0.39, 0.29) is 5.88 Å². The van der Waals surface area contributed by atoms with Crippen LogP contribution in [0.15, 0.2) is 30.3 Å². The summed E-state index contributed by atoms with van der Waals surface area (Å²) in [4.78, 5) is 4.53. The molecule has 1 aromatic carbocycles. The minimum absolute atomic E-state index is 0.180. The van der Waals surface area contributed by atoms with Crippen LogP contribution in [0, 0.1) is 6.92 Å². The van der Waals surface area contributed by atoms with Gasteiger partial charge in [-0.25, -0.2) is 4.98 Å². The van der Waals surface area contributed by atoms with Crippen LogP contribution in [0.4, 0.5) is 0 Å². The van der Waals surface area contributed by atoms with Gasteiger partial charge in [0.05, 0.1) is 5.69 Å². The molecule has 5 heteroatoms. The van der Waals surface area contributed by atoms with Gasteiger partial charge in [-0.2, -0.15) is 9.61 Å². The van der Waals surface area contributed by atoms with E-state index in [1.54, 1.807) is 0 Å². The Hall–Kier alpha value is -2.07. The summed E-state index contributed by atoms with van der Waals surface area (Å²) >= 11 is 5.90. The first-order valence-corrected chi connectivity index (χ1v) is 7.32. The number of halogens is 1. The van der Waals surface area contributed by atoms with Crippen molar-refractivity contribution in [1.29, 1.82) is 0 Å². The smallest absolute Gasteiger partial charge is 0.219 e. The van der Waals surface area contributed by atoms with E-state index >= 15 is 0 Å². The van der Waals surface area contributed by atoms with E-state index in [1.165, 1.54) is 4.52 Å². The Morgan fingerprint density at radius 3 is 2.62 bits per heavy atom. The van der Waals surface area contributed by atoms with Crippen LogP contribution in [0.2, 0.25) is 5.02 Å². The molecule has 0 aliphatic carbocycles. The Labute approximate surface area is 128 Å². The highest BCUT2D eigenvalue weighted by atomic mass is 35.5. The Bertz CT molecular complexity index is 793. The van der Waals surface area contributed by atoms with Crippen LogP contribution in [0.3, 0.4) is 0 Å². The lowest BCUT2D eigenvalue weighted by Crippen LogP contribution is -2.01. The molecule has 0 amide bonds. The summed E-state index contributed by atoms with van der Waals surface area (Å²) in [5, 5.41) is 15.5. The first kappa shape index (κ1) is 13.9. The minimum Gasteiger partial charge on any atom is -0.493 e. The largest absolute Gasteiger partial charge is 0.493 e. The summed E-state index contributed by atoms with van der Waals surface area (Å²) in [5.41, 5.74) is 4.07. The summed E-state index contributed by atoms with van der Waals surface area (Å²) in [6, 6.07) is 9.32. The predicted molar refractivity (Wildman–Crippen MR) is 83.8 cm³/mol. The second-order valence-electron chi connectivity index (χ2n) is 5.06. The number of hydrogen-bond donors (Lipinski definition) is 1. The standard InChI is InChI=1S/C16H16ClN3O/c1-3-4-13-10(2)18-15-9-14(19-20(15)16(13)21)11-5-7-12(17)8-6-11/h5-9,21H,3-4H2,1-2H3. The van der Waals surface area contributed by atoms with Gasteiger partial charge in [0.1, 0.15) is 0 Å². The van der Waals surface area contributed by atoms with Crippen molar-refractivity contribution < 1.29 is 5.11 Å². The molecule has 108 valence electrons. The molecule has 0 fully saturated rings. The molecule has 0 aliphatic heterocycles. The van der Waals surface area contributed by atoms with Crippen molar-refractivity contribution in [3.8, 4) is 17.1 Å². The first-order valence-electron chi connectivity index (χ1n) is 6.94. The van der Waals surface area contributed by atoms with E-state index in [2.05, 4.69) is 17.0 Å². The first-order chi connectivity index (χ1) is 10.1. The highest BCUT2D eigenvalue weighted by Crippen LogP contribution is 2.26. The molecule has 0 radical (unpaired) electrons. The monoisotopic (exact) mass is 301 g/mol. The Balaban J connectivity index is 2.16. The fraction of sp³-hybridized carbons (Fsp3) is 0.250. The SMILES string of the molecule is CCCc1c(C)nc2cc(-c3ccc(Cl)cc3)nn2c1O. The quantitative estimate of drug-likeness (QED) is 0.795. The molecule has 0 saturated carbocycles. The molecule has 21 heavy (non-hydrogen) atoms. The maximum Gasteiger partial charge on any atom is 0.219 e. The summed E-state index contributed by atoms with van der Waals surface area (Å²) in [6.45, 7) is 3.99. The number of aromatic nitrogens is 3. The third kappa shape index (κ3) is 2.47. The minimum atomic E-state index is 0.180. The molecule has 4 nitrogen and oxygen atoms in total. The number of nitrogens with zero attached hydrogens (tertiary/aromatic N) is 3. The molecule has 2 aromatic heterocycles. The molecule has 3 rings (SSSR count). The zero-order chi connectivity index (χ0) is 15.0. The van der Waals surface area contributed by atoms with Gasteiger partial charge in [-0.1, -0.05) is 37.1 Å². The van der Waals surface area contributed by atoms with E-state index in [0.29, 0.717) is 10.7 Å². The Morgan fingerprint density at radius 1 is 1.24 bits per heavy atom. The molecule has 0 unspecified atom stereocenters. The third-order valence-corrected chi connectivity index (χ3v) is 3.77. The number of hydrogen-bond acceptors (Lipinski definition) is 3. The van der Waals surface area contributed by atoms with E-state index in [4.69, 9.17) is 11.6 Å². The van der Waals surface area contributed by atoms with Crippen LogP contribution in [-0.4, -0.2) is 19.7 Å². The third-order valence-electron chi connectivity index (χ3n) is 3.52. The number of fused-ring (bicyclic) bond motifs is 1. The number of aryl methyl sites for hydroxylation is 1. The topological polar surface area (TPSA) is 50.4 Å². The van der Waals surface area contributed by atoms with Crippen LogP contribution in [0.25, 0.3) is 16.9 Å². The van der Waals surface area contributed by atoms with Gasteiger partial charge < -0.3 is 5.11 Å². The molecule has 0 spiro atoms. The fourth-order valence-corrected chi connectivity index (χ4v) is 2.57. The molecule has 3 aromatic rings. The molecule has 0 aliphatic rings. The van der Waals surface area contributed by atoms with Crippen LogP contribution in [-0.2, 0) is 6.42 Å². The normalized spacial score (nSPS) is 11.2. The maximum absolute atomic E-state index is 10.4. The van der Waals surface area contributed by atoms with Crippen molar-refractivity contribution in [3.63, 3.8) is 0 Å². The van der Waals surface area contributed by atoms with Gasteiger partial charge >= 0.3 is 0 Å². The average Bonchev–Trinajstić information content (AvgIpc) is 2.88. The number of rotatable bonds is 3. The second kappa shape index (κ2) is 5.37. The van der Waals surface area contributed by atoms with Crippen LogP contribution in [0.5, 0.6) is 5.88 Å². The molecule has 2 heterocycles. The van der Waals surface area contributed by atoms with Crippen LogP contribution in [0.1, 0.15) is 24.6 Å². The highest BCUT2D eigenvalue weighted by Gasteiger charge is 2.14. The number of aromatic hydroxyl groups is 1. The van der Waals surface area contributed by atoms with Gasteiger partial charge in [-0.15, -0.1) is 0 Å². The van der Waals surface area contributed by atoms with Gasteiger partial charge in [0.25, 0.3) is 0 Å². The summed E-state index contributed by atoms with van der Waals surface area (Å²) in [5.74, 6) is 0.180. The van der Waals surface area contributed by atoms with Crippen LogP contribution < -0.4 is 0 Å². The van der Waals surface area contributed by atoms with Gasteiger partial charge in [0.2, 0.25) is 5.88 Å². The molecule has 0 bridgehead atoms. The van der Waals surface area contributed by atoms with Gasteiger partial charge in [0.15, 0.2) is 5.65 Å². The van der Waals surface area contributed by atoms with Gasteiger partial charge in [-0.3, -0.25) is 0 Å². The predicted octanol–water partition coefficient (Wildman–Crippen LogP) is 4.02. The Kier molecular flexibility index (Phi) is 3.55. The zero-order valence-corrected chi connectivity index (χ0v) is 12.7. The average molecular weight is 302 g/mol. The summed E-state index contributed by atoms with van der Waals surface area (Å²) in [7, 11) is 0. The molecule has 0 atom stereocenters. The van der Waals surface area contributed by atoms with Crippen molar-refractivity contribution in [3.05, 3.63) is 46.6 Å². The van der Waals surface area contributed by atoms with E-state index in [9.17, 15) is 5.11 Å². The zero-order valence-electron chi connectivity index (χ0n) is 12.0. The molecular weight excluding hydrogens is 286 g/mol. The lowest BCUT2D eigenvalue weighted by molar-refractivity contribution is 0.426. The molecule has 1 N–H and O–H groups in total. The lowest BCUT2D eigenvalue weighted by Gasteiger charge is -2.07. The highest BCUT2D eigenvalue weighted by molar-refractivity contribution is 6.30. The number of benzene rings is 1. The van der Waals surface area contributed by atoms with Crippen molar-refractivity contribution in [2.75, 3.05) is 0 Å². The van der Waals surface area contributed by atoms with Crippen molar-refractivity contribution in [2.24, 2.45) is 0 Å². The van der Waals surface area contributed by atoms with E-state index < -0.39 is 0 Å². The fourth-order valence-electron chi connectivity index (χ4n) is 2.44. The van der Waals surface area contributed by atoms with Crippen molar-refractivity contribution >= 4 is 17.2 Å². The van der Waals surface area contributed by atoms with Crippen LogP contribution >= 0.6 is 11.6 Å². The summed E-state index contributed by atoms with van der Waals surface area (Å²) < 4.78 is 1.50. The summed E-state index contributed by atoms with van der Waals surface area (Å²) in [6.07, 6.45) is 1.74. The Morgan fingerprint density at radius 2 is 1.95 bits per heavy atom. The van der Waals surface area contributed by atoms with Crippen molar-refractivity contribution in [1.82, 2.24) is 14.6 Å². The second-order valence-corrected chi connectivity index (χ2v) is 5.49. The van der Waals surface area contributed by atoms with Gasteiger partial charge in [-0.05, 0) is 25.5 Å². The van der Waals surface area contributed by atoms with E-state index in [0.717, 1.165) is 35.4 Å².